The van der Waals surface area contributed by atoms with E-state index >= 15 is 0 Å². The van der Waals surface area contributed by atoms with Gasteiger partial charge < -0.3 is 10.0 Å². The van der Waals surface area contributed by atoms with E-state index in [2.05, 4.69) is 0 Å². The SMILES string of the molecule is Cc1ccc(C(=O)N2CCCN(CC(=O)O)CC2)cc1Cl. The summed E-state index contributed by atoms with van der Waals surface area (Å²) in [5.41, 5.74) is 1.52. The topological polar surface area (TPSA) is 60.9 Å². The number of carboxylic acids is 1. The van der Waals surface area contributed by atoms with Crippen molar-refractivity contribution in [1.82, 2.24) is 9.80 Å². The summed E-state index contributed by atoms with van der Waals surface area (Å²) in [5, 5.41) is 9.42. The summed E-state index contributed by atoms with van der Waals surface area (Å²) in [6.45, 7) is 4.38. The number of aliphatic carboxylic acids is 1. The standard InChI is InChI=1S/C15H19ClN2O3/c1-11-3-4-12(9-13(11)16)15(21)18-6-2-5-17(7-8-18)10-14(19)20/h3-4,9H,2,5-8,10H2,1H3,(H,19,20). The number of carbonyl (C=O) groups excluding carboxylic acids is 1. The van der Waals surface area contributed by atoms with Crippen LogP contribution in [0.5, 0.6) is 0 Å². The molecule has 1 N–H and O–H groups in total. The van der Waals surface area contributed by atoms with E-state index in [1.165, 1.54) is 0 Å². The highest BCUT2D eigenvalue weighted by molar-refractivity contribution is 6.31. The van der Waals surface area contributed by atoms with Crippen molar-refractivity contribution in [2.45, 2.75) is 13.3 Å². The van der Waals surface area contributed by atoms with Gasteiger partial charge in [0.25, 0.3) is 5.91 Å². The number of carboxylic acid groups (broad SMARTS) is 1. The summed E-state index contributed by atoms with van der Waals surface area (Å²) in [4.78, 5) is 26.9. The Morgan fingerprint density at radius 2 is 2.00 bits per heavy atom. The Balaban J connectivity index is 2.02. The fourth-order valence-corrected chi connectivity index (χ4v) is 2.61. The van der Waals surface area contributed by atoms with Crippen LogP contribution in [0.25, 0.3) is 0 Å². The molecule has 2 rings (SSSR count). The van der Waals surface area contributed by atoms with Crippen molar-refractivity contribution in [3.8, 4) is 0 Å². The number of carbonyl (C=O) groups is 2. The van der Waals surface area contributed by atoms with E-state index in [0.717, 1.165) is 12.0 Å². The summed E-state index contributed by atoms with van der Waals surface area (Å²) in [5.74, 6) is -0.880. The minimum Gasteiger partial charge on any atom is -0.480 e. The van der Waals surface area contributed by atoms with Gasteiger partial charge in [-0.1, -0.05) is 17.7 Å². The number of benzene rings is 1. The molecule has 6 heteroatoms. The van der Waals surface area contributed by atoms with Gasteiger partial charge >= 0.3 is 5.97 Å². The van der Waals surface area contributed by atoms with Crippen molar-refractivity contribution in [1.29, 1.82) is 0 Å². The maximum absolute atomic E-state index is 12.5. The summed E-state index contributed by atoms with van der Waals surface area (Å²) in [7, 11) is 0. The Morgan fingerprint density at radius 3 is 2.67 bits per heavy atom. The normalized spacial score (nSPS) is 16.6. The quantitative estimate of drug-likeness (QED) is 0.926. The lowest BCUT2D eigenvalue weighted by atomic mass is 10.1. The van der Waals surface area contributed by atoms with Crippen LogP contribution in [0.4, 0.5) is 0 Å². The third-order valence-electron chi connectivity index (χ3n) is 3.65. The molecule has 1 fully saturated rings. The third-order valence-corrected chi connectivity index (χ3v) is 4.06. The van der Waals surface area contributed by atoms with Gasteiger partial charge in [-0.3, -0.25) is 14.5 Å². The highest BCUT2D eigenvalue weighted by Crippen LogP contribution is 2.18. The number of halogens is 1. The number of amides is 1. The van der Waals surface area contributed by atoms with Crippen molar-refractivity contribution in [2.75, 3.05) is 32.7 Å². The fourth-order valence-electron chi connectivity index (χ4n) is 2.43. The van der Waals surface area contributed by atoms with Crippen LogP contribution >= 0.6 is 11.6 Å². The molecule has 21 heavy (non-hydrogen) atoms. The maximum atomic E-state index is 12.5. The molecule has 0 spiro atoms. The lowest BCUT2D eigenvalue weighted by Crippen LogP contribution is -2.36. The van der Waals surface area contributed by atoms with Crippen molar-refractivity contribution in [3.63, 3.8) is 0 Å². The van der Waals surface area contributed by atoms with Crippen LogP contribution in [0, 0.1) is 6.92 Å². The highest BCUT2D eigenvalue weighted by Gasteiger charge is 2.21. The summed E-state index contributed by atoms with van der Waals surface area (Å²) < 4.78 is 0. The predicted octanol–water partition coefficient (Wildman–Crippen LogP) is 1.88. The molecule has 0 bridgehead atoms. The first-order valence-corrected chi connectivity index (χ1v) is 7.35. The number of hydrogen-bond donors (Lipinski definition) is 1. The van der Waals surface area contributed by atoms with E-state index < -0.39 is 5.97 Å². The first-order chi connectivity index (χ1) is 9.97. The van der Waals surface area contributed by atoms with Crippen molar-refractivity contribution >= 4 is 23.5 Å². The highest BCUT2D eigenvalue weighted by atomic mass is 35.5. The van der Waals surface area contributed by atoms with E-state index in [1.54, 1.807) is 17.0 Å². The van der Waals surface area contributed by atoms with E-state index in [4.69, 9.17) is 16.7 Å². The van der Waals surface area contributed by atoms with Crippen LogP contribution in [-0.4, -0.2) is 59.5 Å². The third kappa shape index (κ3) is 4.19. The minimum absolute atomic E-state index is 0.0262. The van der Waals surface area contributed by atoms with Crippen LogP contribution < -0.4 is 0 Å². The number of hydrogen-bond acceptors (Lipinski definition) is 3. The molecule has 5 nitrogen and oxygen atoms in total. The second-order valence-corrected chi connectivity index (χ2v) is 5.69. The molecular weight excluding hydrogens is 292 g/mol. The lowest BCUT2D eigenvalue weighted by Gasteiger charge is -2.21. The lowest BCUT2D eigenvalue weighted by molar-refractivity contribution is -0.138. The van der Waals surface area contributed by atoms with E-state index in [-0.39, 0.29) is 12.5 Å². The molecule has 1 amide bonds. The van der Waals surface area contributed by atoms with Gasteiger partial charge in [-0.15, -0.1) is 0 Å². The molecule has 1 aromatic carbocycles. The molecule has 0 aromatic heterocycles. The van der Waals surface area contributed by atoms with Crippen molar-refractivity contribution in [2.24, 2.45) is 0 Å². The second-order valence-electron chi connectivity index (χ2n) is 5.28. The molecule has 1 aromatic rings. The molecule has 0 radical (unpaired) electrons. The van der Waals surface area contributed by atoms with Gasteiger partial charge in [0.1, 0.15) is 0 Å². The minimum atomic E-state index is -0.833. The van der Waals surface area contributed by atoms with Crippen LogP contribution in [0.3, 0.4) is 0 Å². The van der Waals surface area contributed by atoms with Crippen molar-refractivity contribution < 1.29 is 14.7 Å². The van der Waals surface area contributed by atoms with E-state index in [0.29, 0.717) is 36.8 Å². The fraction of sp³-hybridized carbons (Fsp3) is 0.467. The van der Waals surface area contributed by atoms with Crippen molar-refractivity contribution in [3.05, 3.63) is 34.3 Å². The molecule has 114 valence electrons. The first kappa shape index (κ1) is 15.8. The zero-order valence-electron chi connectivity index (χ0n) is 12.0. The molecule has 1 aliphatic heterocycles. The molecule has 0 atom stereocenters. The first-order valence-electron chi connectivity index (χ1n) is 6.97. The Kier molecular flexibility index (Phi) is 5.20. The average Bonchev–Trinajstić information content (AvgIpc) is 2.66. The second kappa shape index (κ2) is 6.91. The molecule has 0 aliphatic carbocycles. The monoisotopic (exact) mass is 310 g/mol. The summed E-state index contributed by atoms with van der Waals surface area (Å²) >= 11 is 6.07. The Hall–Kier alpha value is -1.59. The van der Waals surface area contributed by atoms with Gasteiger partial charge in [0, 0.05) is 36.8 Å². The average molecular weight is 311 g/mol. The maximum Gasteiger partial charge on any atom is 0.317 e. The molecule has 0 saturated carbocycles. The molecule has 1 heterocycles. The van der Waals surface area contributed by atoms with Gasteiger partial charge in [-0.2, -0.15) is 0 Å². The Morgan fingerprint density at radius 1 is 1.24 bits per heavy atom. The molecule has 1 saturated heterocycles. The Labute approximate surface area is 129 Å². The summed E-state index contributed by atoms with van der Waals surface area (Å²) in [6.07, 6.45) is 0.776. The van der Waals surface area contributed by atoms with Gasteiger partial charge in [0.15, 0.2) is 0 Å². The van der Waals surface area contributed by atoms with Gasteiger partial charge in [0.2, 0.25) is 0 Å². The zero-order valence-corrected chi connectivity index (χ0v) is 12.8. The molecular formula is C15H19ClN2O3. The van der Waals surface area contributed by atoms with Gasteiger partial charge in [0.05, 0.1) is 6.54 Å². The number of rotatable bonds is 3. The zero-order chi connectivity index (χ0) is 15.4. The van der Waals surface area contributed by atoms with Crippen LogP contribution in [0.15, 0.2) is 18.2 Å². The number of aryl methyl sites for hydroxylation is 1. The van der Waals surface area contributed by atoms with Crippen LogP contribution in [-0.2, 0) is 4.79 Å². The Bertz CT molecular complexity index is 548. The smallest absolute Gasteiger partial charge is 0.317 e. The van der Waals surface area contributed by atoms with Crippen LogP contribution in [0.2, 0.25) is 5.02 Å². The van der Waals surface area contributed by atoms with Gasteiger partial charge in [-0.05, 0) is 31.0 Å². The van der Waals surface area contributed by atoms with Crippen LogP contribution in [0.1, 0.15) is 22.3 Å². The largest absolute Gasteiger partial charge is 0.480 e. The molecule has 0 unspecified atom stereocenters. The van der Waals surface area contributed by atoms with E-state index in [9.17, 15) is 9.59 Å². The van der Waals surface area contributed by atoms with Gasteiger partial charge in [-0.25, -0.2) is 0 Å². The molecule has 1 aliphatic rings. The van der Waals surface area contributed by atoms with E-state index in [1.807, 2.05) is 17.9 Å². The predicted molar refractivity (Wildman–Crippen MR) is 80.8 cm³/mol. The number of nitrogens with zero attached hydrogens (tertiary/aromatic N) is 2. The summed E-state index contributed by atoms with van der Waals surface area (Å²) in [6, 6.07) is 5.31.